The molecule has 0 saturated carbocycles. The largest absolute Gasteiger partial charge is 0.432 e. The topological polar surface area (TPSA) is 77.2 Å². The molecule has 1 aromatic heterocycles. The lowest BCUT2D eigenvalue weighted by Crippen LogP contribution is -2.12. The number of benzene rings is 1. The monoisotopic (exact) mass is 317 g/mol. The fourth-order valence-electron chi connectivity index (χ4n) is 1.59. The third-order valence-corrected chi connectivity index (χ3v) is 3.41. The molecule has 0 radical (unpaired) electrons. The first kappa shape index (κ1) is 15.1. The molecular weight excluding hydrogens is 307 g/mol. The molecule has 0 unspecified atom stereocenters. The van der Waals surface area contributed by atoms with Crippen LogP contribution in [0.2, 0.25) is 0 Å². The van der Waals surface area contributed by atoms with Crippen molar-refractivity contribution < 1.29 is 22.7 Å². The second-order valence-electron chi connectivity index (χ2n) is 3.94. The van der Waals surface area contributed by atoms with Crippen LogP contribution in [-0.4, -0.2) is 17.5 Å². The fraction of sp³-hybridized carbons (Fsp3) is 0.167. The minimum absolute atomic E-state index is 0.102. The summed E-state index contributed by atoms with van der Waals surface area (Å²) in [6.07, 6.45) is 0. The molecule has 0 aliphatic rings. The number of alkyl halides is 2. The maximum Gasteiger partial charge on any atom is 0.387 e. The number of halogens is 3. The van der Waals surface area contributed by atoms with Gasteiger partial charge in [0.05, 0.1) is 5.69 Å². The molecule has 3 N–H and O–H groups in total. The highest BCUT2D eigenvalue weighted by Crippen LogP contribution is 2.25. The van der Waals surface area contributed by atoms with Gasteiger partial charge >= 0.3 is 6.61 Å². The van der Waals surface area contributed by atoms with E-state index in [9.17, 15) is 18.0 Å². The Balaban J connectivity index is 2.15. The predicted octanol–water partition coefficient (Wildman–Crippen LogP) is 3.03. The number of nitrogens with zero attached hydrogens (tertiary/aromatic N) is 1. The number of hydrogen-bond donors (Lipinski definition) is 2. The van der Waals surface area contributed by atoms with Crippen LogP contribution in [0.5, 0.6) is 5.75 Å². The van der Waals surface area contributed by atoms with Gasteiger partial charge in [-0.1, -0.05) is 11.3 Å². The summed E-state index contributed by atoms with van der Waals surface area (Å²) in [6.45, 7) is -1.51. The van der Waals surface area contributed by atoms with E-state index in [0.717, 1.165) is 23.5 Å². The number of nitrogen functional groups attached to an aromatic ring is 1. The minimum Gasteiger partial charge on any atom is -0.432 e. The summed E-state index contributed by atoms with van der Waals surface area (Å²) in [4.78, 5) is 16.1. The summed E-state index contributed by atoms with van der Waals surface area (Å²) in [6, 6.07) is 3.14. The molecule has 1 aromatic carbocycles. The molecule has 112 valence electrons. The van der Waals surface area contributed by atoms with Gasteiger partial charge in [0.25, 0.3) is 5.91 Å². The van der Waals surface area contributed by atoms with Crippen LogP contribution in [-0.2, 0) is 0 Å². The zero-order chi connectivity index (χ0) is 15.6. The van der Waals surface area contributed by atoms with Crippen LogP contribution in [0.3, 0.4) is 0 Å². The Labute approximate surface area is 121 Å². The fourth-order valence-corrected chi connectivity index (χ4v) is 2.31. The van der Waals surface area contributed by atoms with Gasteiger partial charge in [0.1, 0.15) is 4.88 Å². The predicted molar refractivity (Wildman–Crippen MR) is 72.2 cm³/mol. The van der Waals surface area contributed by atoms with Crippen molar-refractivity contribution >= 4 is 28.1 Å². The molecule has 0 aliphatic carbocycles. The van der Waals surface area contributed by atoms with Crippen LogP contribution in [0.1, 0.15) is 15.4 Å². The number of thiazole rings is 1. The van der Waals surface area contributed by atoms with Crippen molar-refractivity contribution in [2.75, 3.05) is 11.1 Å². The molecule has 9 heteroatoms. The van der Waals surface area contributed by atoms with Gasteiger partial charge in [0.15, 0.2) is 16.7 Å². The van der Waals surface area contributed by atoms with Gasteiger partial charge in [0.2, 0.25) is 0 Å². The Kier molecular flexibility index (Phi) is 4.32. The molecule has 0 spiro atoms. The smallest absolute Gasteiger partial charge is 0.387 e. The third-order valence-electron chi connectivity index (χ3n) is 2.43. The van der Waals surface area contributed by atoms with Crippen LogP contribution in [0, 0.1) is 12.7 Å². The van der Waals surface area contributed by atoms with E-state index in [1.54, 1.807) is 6.92 Å². The molecule has 2 aromatic rings. The normalized spacial score (nSPS) is 10.7. The van der Waals surface area contributed by atoms with Crippen molar-refractivity contribution in [1.82, 2.24) is 4.98 Å². The van der Waals surface area contributed by atoms with Gasteiger partial charge in [0, 0.05) is 11.8 Å². The molecule has 2 rings (SSSR count). The highest BCUT2D eigenvalue weighted by Gasteiger charge is 2.16. The Bertz CT molecular complexity index is 676. The van der Waals surface area contributed by atoms with E-state index in [2.05, 4.69) is 15.0 Å². The van der Waals surface area contributed by atoms with E-state index in [1.807, 2.05) is 0 Å². The Morgan fingerprint density at radius 1 is 1.48 bits per heavy atom. The maximum atomic E-state index is 13.5. The molecule has 0 saturated heterocycles. The molecule has 21 heavy (non-hydrogen) atoms. The quantitative estimate of drug-likeness (QED) is 0.908. The number of hydrogen-bond acceptors (Lipinski definition) is 5. The minimum atomic E-state index is -3.12. The number of nitrogens with one attached hydrogen (secondary N) is 1. The summed E-state index contributed by atoms with van der Waals surface area (Å²) in [7, 11) is 0. The second kappa shape index (κ2) is 6.00. The molecule has 0 bridgehead atoms. The summed E-state index contributed by atoms with van der Waals surface area (Å²) in [5.74, 6) is -2.11. The van der Waals surface area contributed by atoms with Gasteiger partial charge < -0.3 is 15.8 Å². The molecule has 1 heterocycles. The van der Waals surface area contributed by atoms with E-state index in [4.69, 9.17) is 5.73 Å². The first-order valence-electron chi connectivity index (χ1n) is 5.65. The number of amides is 1. The Hall–Kier alpha value is -2.29. The lowest BCUT2D eigenvalue weighted by Gasteiger charge is -2.08. The van der Waals surface area contributed by atoms with Gasteiger partial charge in [-0.05, 0) is 19.1 Å². The van der Waals surface area contributed by atoms with Crippen molar-refractivity contribution in [2.45, 2.75) is 13.5 Å². The van der Waals surface area contributed by atoms with Crippen LogP contribution >= 0.6 is 11.3 Å². The number of carbonyl (C=O) groups excluding carboxylic acids is 1. The summed E-state index contributed by atoms with van der Waals surface area (Å²) < 4.78 is 41.5. The standard InChI is InChI=1S/C12H10F3N3O2S/c1-5-9(21-12(16)17-5)10(19)18-6-2-3-8(7(13)4-6)20-11(14)15/h2-4,11H,1H3,(H2,16,17)(H,18,19). The molecular formula is C12H10F3N3O2S. The van der Waals surface area contributed by atoms with Crippen LogP contribution in [0.15, 0.2) is 18.2 Å². The Morgan fingerprint density at radius 2 is 2.19 bits per heavy atom. The van der Waals surface area contributed by atoms with Crippen molar-refractivity contribution in [3.8, 4) is 5.75 Å². The van der Waals surface area contributed by atoms with E-state index in [1.165, 1.54) is 6.07 Å². The van der Waals surface area contributed by atoms with Crippen molar-refractivity contribution in [1.29, 1.82) is 0 Å². The SMILES string of the molecule is Cc1nc(N)sc1C(=O)Nc1ccc(OC(F)F)c(F)c1. The van der Waals surface area contributed by atoms with E-state index in [-0.39, 0.29) is 10.8 Å². The lowest BCUT2D eigenvalue weighted by atomic mass is 10.2. The second-order valence-corrected chi connectivity index (χ2v) is 4.98. The molecule has 0 aliphatic heterocycles. The van der Waals surface area contributed by atoms with Crippen molar-refractivity contribution in [3.63, 3.8) is 0 Å². The summed E-state index contributed by atoms with van der Waals surface area (Å²) >= 11 is 0.994. The van der Waals surface area contributed by atoms with Gasteiger partial charge in [-0.3, -0.25) is 4.79 Å². The molecule has 0 fully saturated rings. The van der Waals surface area contributed by atoms with Crippen LogP contribution in [0.4, 0.5) is 24.0 Å². The number of rotatable bonds is 4. The van der Waals surface area contributed by atoms with E-state index < -0.39 is 24.1 Å². The first-order chi connectivity index (χ1) is 9.86. The molecule has 0 atom stereocenters. The average molecular weight is 317 g/mol. The van der Waals surface area contributed by atoms with Gasteiger partial charge in [-0.25, -0.2) is 9.37 Å². The number of aryl methyl sites for hydroxylation is 1. The number of nitrogens with two attached hydrogens (primary N) is 1. The highest BCUT2D eigenvalue weighted by atomic mass is 32.1. The lowest BCUT2D eigenvalue weighted by molar-refractivity contribution is -0.0521. The van der Waals surface area contributed by atoms with Crippen molar-refractivity contribution in [2.24, 2.45) is 0 Å². The maximum absolute atomic E-state index is 13.5. The molecule has 5 nitrogen and oxygen atoms in total. The van der Waals surface area contributed by atoms with Crippen LogP contribution < -0.4 is 15.8 Å². The number of ether oxygens (including phenoxy) is 1. The van der Waals surface area contributed by atoms with Gasteiger partial charge in [-0.15, -0.1) is 0 Å². The van der Waals surface area contributed by atoms with Gasteiger partial charge in [-0.2, -0.15) is 8.78 Å². The Morgan fingerprint density at radius 3 is 2.71 bits per heavy atom. The zero-order valence-corrected chi connectivity index (χ0v) is 11.5. The summed E-state index contributed by atoms with van der Waals surface area (Å²) in [5.41, 5.74) is 6.04. The third kappa shape index (κ3) is 3.63. The summed E-state index contributed by atoms with van der Waals surface area (Å²) in [5, 5.41) is 2.67. The first-order valence-corrected chi connectivity index (χ1v) is 6.47. The molecule has 1 amide bonds. The zero-order valence-electron chi connectivity index (χ0n) is 10.7. The highest BCUT2D eigenvalue weighted by molar-refractivity contribution is 7.17. The van der Waals surface area contributed by atoms with Crippen molar-refractivity contribution in [3.05, 3.63) is 34.6 Å². The van der Waals surface area contributed by atoms with E-state index >= 15 is 0 Å². The number of carbonyl (C=O) groups is 1. The van der Waals surface area contributed by atoms with E-state index in [0.29, 0.717) is 10.6 Å². The van der Waals surface area contributed by atoms with Crippen LogP contribution in [0.25, 0.3) is 0 Å². The number of anilines is 2. The average Bonchev–Trinajstić information content (AvgIpc) is 2.71. The number of aromatic nitrogens is 1.